The number of nitrogens with one attached hydrogen (secondary N) is 1. The molecule has 47 heavy (non-hydrogen) atoms. The Labute approximate surface area is 277 Å². The van der Waals surface area contributed by atoms with E-state index in [0.717, 1.165) is 30.2 Å². The lowest BCUT2D eigenvalue weighted by molar-refractivity contribution is -0.135. The van der Waals surface area contributed by atoms with Crippen molar-refractivity contribution in [1.29, 1.82) is 0 Å². The minimum atomic E-state index is -3.87. The maximum Gasteiger partial charge on any atom is 0.407 e. The predicted molar refractivity (Wildman–Crippen MR) is 180 cm³/mol. The van der Waals surface area contributed by atoms with Crippen LogP contribution in [-0.4, -0.2) is 86.0 Å². The van der Waals surface area contributed by atoms with E-state index in [0.29, 0.717) is 37.7 Å². The summed E-state index contributed by atoms with van der Waals surface area (Å²) in [6.45, 7) is 5.33. The van der Waals surface area contributed by atoms with Gasteiger partial charge in [-0.3, -0.25) is 4.79 Å². The number of aryl methyl sites for hydroxylation is 1. The predicted octanol–water partition coefficient (Wildman–Crippen LogP) is 4.36. The van der Waals surface area contributed by atoms with E-state index in [-0.39, 0.29) is 31.7 Å². The van der Waals surface area contributed by atoms with Crippen LogP contribution in [-0.2, 0) is 38.8 Å². The van der Waals surface area contributed by atoms with Gasteiger partial charge in [0, 0.05) is 44.9 Å². The molecule has 0 fully saturated rings. The molecule has 2 aromatic carbocycles. The van der Waals surface area contributed by atoms with Gasteiger partial charge in [-0.2, -0.15) is 0 Å². The second-order valence-electron chi connectivity index (χ2n) is 11.7. The van der Waals surface area contributed by atoms with Gasteiger partial charge < -0.3 is 30.8 Å². The van der Waals surface area contributed by atoms with Crippen LogP contribution in [0.5, 0.6) is 0 Å². The normalized spacial score (nSPS) is 13.8. The lowest BCUT2D eigenvalue weighted by Crippen LogP contribution is -2.55. The number of aliphatic hydroxyl groups excluding tert-OH is 1. The molecule has 4 N–H and O–H groups in total. The first kappa shape index (κ1) is 39.8. The zero-order valence-electron chi connectivity index (χ0n) is 27.8. The molecular formula is C34H50F2N4O6S. The molecule has 0 aliphatic carbocycles. The smallest absolute Gasteiger partial charge is 0.407 e. The lowest BCUT2D eigenvalue weighted by Gasteiger charge is -2.32. The molecule has 0 bridgehead atoms. The van der Waals surface area contributed by atoms with Gasteiger partial charge in [-0.15, -0.1) is 0 Å². The first-order valence-corrected chi connectivity index (χ1v) is 17.9. The van der Waals surface area contributed by atoms with Crippen LogP contribution in [0.3, 0.4) is 0 Å². The highest BCUT2D eigenvalue weighted by molar-refractivity contribution is 7.92. The number of carbonyl (C=O) groups is 2. The molecule has 0 radical (unpaired) electrons. The molecule has 262 valence electrons. The SMILES string of the molecule is CCCC(CCC)S(=O)(=O)C[C@@H](NC(=O)OCCC=NC)C(=O)N(Cc1cccc(CC)c1)C[C@@H](O)[C@@H](N)Cc1cc(F)cc(F)c1. The number of halogens is 2. The van der Waals surface area contributed by atoms with Gasteiger partial charge in [0.25, 0.3) is 0 Å². The first-order valence-electron chi connectivity index (χ1n) is 16.1. The van der Waals surface area contributed by atoms with E-state index in [1.807, 2.05) is 39.0 Å². The number of hydrogen-bond acceptors (Lipinski definition) is 8. The quantitative estimate of drug-likeness (QED) is 0.139. The second-order valence-corrected chi connectivity index (χ2v) is 14.0. The highest BCUT2D eigenvalue weighted by atomic mass is 32.2. The lowest BCUT2D eigenvalue weighted by atomic mass is 10.0. The van der Waals surface area contributed by atoms with Crippen molar-refractivity contribution in [2.75, 3.05) is 26.0 Å². The van der Waals surface area contributed by atoms with Crippen molar-refractivity contribution in [3.05, 3.63) is 70.8 Å². The third-order valence-corrected chi connectivity index (χ3v) is 10.0. The summed E-state index contributed by atoms with van der Waals surface area (Å²) in [7, 11) is -2.30. The minimum Gasteiger partial charge on any atom is -0.449 e. The van der Waals surface area contributed by atoms with Gasteiger partial charge in [0.2, 0.25) is 5.91 Å². The van der Waals surface area contributed by atoms with Crippen LogP contribution in [0.25, 0.3) is 0 Å². The summed E-state index contributed by atoms with van der Waals surface area (Å²) in [5.74, 6) is -3.00. The second kappa shape index (κ2) is 20.1. The van der Waals surface area contributed by atoms with Crippen molar-refractivity contribution in [2.24, 2.45) is 10.7 Å². The van der Waals surface area contributed by atoms with Crippen LogP contribution in [0.1, 0.15) is 69.6 Å². The van der Waals surface area contributed by atoms with Crippen LogP contribution in [0.2, 0.25) is 0 Å². The zero-order valence-corrected chi connectivity index (χ0v) is 28.6. The highest BCUT2D eigenvalue weighted by Crippen LogP contribution is 2.19. The molecule has 0 aromatic heterocycles. The first-order chi connectivity index (χ1) is 22.3. The summed E-state index contributed by atoms with van der Waals surface area (Å²) in [5, 5.41) is 12.9. The van der Waals surface area contributed by atoms with E-state index in [9.17, 15) is 31.9 Å². The highest BCUT2D eigenvalue weighted by Gasteiger charge is 2.36. The fourth-order valence-corrected chi connectivity index (χ4v) is 7.48. The van der Waals surface area contributed by atoms with Gasteiger partial charge in [-0.05, 0) is 54.5 Å². The van der Waals surface area contributed by atoms with Crippen molar-refractivity contribution in [3.63, 3.8) is 0 Å². The molecule has 10 nitrogen and oxygen atoms in total. The largest absolute Gasteiger partial charge is 0.449 e. The third kappa shape index (κ3) is 13.7. The number of benzene rings is 2. The van der Waals surface area contributed by atoms with E-state index in [2.05, 4.69) is 10.3 Å². The minimum absolute atomic E-state index is 0.0291. The van der Waals surface area contributed by atoms with Crippen molar-refractivity contribution in [3.8, 4) is 0 Å². The standard InChI is InChI=1S/C34H50F2N4O6S/c1-5-10-29(11-6-2)47(44,45)23-31(39-34(43)46-15-9-14-38-4)33(42)40(21-25-13-8-12-24(7-3)16-25)22-32(41)30(37)19-26-17-27(35)20-28(36)18-26/h8,12-14,16-18,20,29-32,41H,5-7,9-11,15,19,21-23,37H2,1-4H3,(H,39,43)/t30-,31+,32+/m0/s1. The molecule has 0 unspecified atom stereocenters. The summed E-state index contributed by atoms with van der Waals surface area (Å²) in [6.07, 6.45) is 2.22. The molecule has 0 aliphatic heterocycles. The summed E-state index contributed by atoms with van der Waals surface area (Å²) >= 11 is 0. The Balaban J connectivity index is 2.45. The summed E-state index contributed by atoms with van der Waals surface area (Å²) in [5.41, 5.74) is 8.19. The number of nitrogens with zero attached hydrogens (tertiary/aromatic N) is 2. The average Bonchev–Trinajstić information content (AvgIpc) is 3.01. The van der Waals surface area contributed by atoms with Gasteiger partial charge >= 0.3 is 6.09 Å². The van der Waals surface area contributed by atoms with Crippen LogP contribution in [0.15, 0.2) is 47.5 Å². The molecule has 2 aromatic rings. The molecule has 3 atom stereocenters. The summed E-state index contributed by atoms with van der Waals surface area (Å²) < 4.78 is 60.1. The molecule has 0 aliphatic rings. The fraction of sp³-hybridized carbons (Fsp3) is 0.559. The Hall–Kier alpha value is -3.42. The van der Waals surface area contributed by atoms with Crippen molar-refractivity contribution in [2.45, 2.75) is 95.7 Å². The van der Waals surface area contributed by atoms with E-state index in [4.69, 9.17) is 10.5 Å². The molecule has 0 saturated heterocycles. The summed E-state index contributed by atoms with van der Waals surface area (Å²) in [4.78, 5) is 32.1. The van der Waals surface area contributed by atoms with Crippen LogP contribution in [0, 0.1) is 11.6 Å². The van der Waals surface area contributed by atoms with Gasteiger partial charge in [0.05, 0.1) is 23.7 Å². The van der Waals surface area contributed by atoms with Crippen molar-refractivity contribution in [1.82, 2.24) is 10.2 Å². The van der Waals surface area contributed by atoms with E-state index in [1.54, 1.807) is 19.3 Å². The van der Waals surface area contributed by atoms with Crippen LogP contribution < -0.4 is 11.1 Å². The molecule has 13 heteroatoms. The zero-order chi connectivity index (χ0) is 35.0. The average molecular weight is 681 g/mol. The van der Waals surface area contributed by atoms with E-state index in [1.165, 1.54) is 4.90 Å². The van der Waals surface area contributed by atoms with Crippen LogP contribution >= 0.6 is 0 Å². The molecule has 0 saturated carbocycles. The molecular weight excluding hydrogens is 630 g/mol. The molecule has 2 amide bonds. The number of rotatable bonds is 20. The third-order valence-electron chi connectivity index (χ3n) is 7.76. The van der Waals surface area contributed by atoms with Gasteiger partial charge in [-0.25, -0.2) is 22.0 Å². The van der Waals surface area contributed by atoms with Gasteiger partial charge in [0.1, 0.15) is 17.7 Å². The number of carbonyl (C=O) groups excluding carboxylic acids is 2. The van der Waals surface area contributed by atoms with E-state index < -0.39 is 62.7 Å². The maximum atomic E-state index is 14.3. The number of ether oxygens (including phenoxy) is 1. The number of aliphatic imine (C=N–C) groups is 1. The number of nitrogens with two attached hydrogens (primary N) is 1. The Bertz CT molecular complexity index is 1400. The monoisotopic (exact) mass is 680 g/mol. The summed E-state index contributed by atoms with van der Waals surface area (Å²) in [6, 6.07) is 7.83. The topological polar surface area (TPSA) is 151 Å². The molecule has 2 rings (SSSR count). The van der Waals surface area contributed by atoms with Gasteiger partial charge in [0.15, 0.2) is 9.84 Å². The number of alkyl carbamates (subject to hydrolysis) is 1. The maximum absolute atomic E-state index is 14.3. The number of amides is 2. The van der Waals surface area contributed by atoms with E-state index >= 15 is 0 Å². The fourth-order valence-electron chi connectivity index (χ4n) is 5.33. The molecule has 0 heterocycles. The Kier molecular flexibility index (Phi) is 17.0. The van der Waals surface area contributed by atoms with Crippen molar-refractivity contribution < 1.29 is 36.6 Å². The Morgan fingerprint density at radius 2 is 1.68 bits per heavy atom. The number of hydrogen-bond donors (Lipinski definition) is 3. The molecule has 0 spiro atoms. The van der Waals surface area contributed by atoms with Crippen molar-refractivity contribution >= 4 is 28.1 Å². The Morgan fingerprint density at radius 1 is 1.04 bits per heavy atom. The van der Waals surface area contributed by atoms with Crippen LogP contribution in [0.4, 0.5) is 13.6 Å². The Morgan fingerprint density at radius 3 is 2.28 bits per heavy atom. The number of aliphatic hydroxyl groups is 1. The number of sulfone groups is 1. The van der Waals surface area contributed by atoms with Gasteiger partial charge in [-0.1, -0.05) is 57.9 Å².